The summed E-state index contributed by atoms with van der Waals surface area (Å²) in [4.78, 5) is 29.5. The van der Waals surface area contributed by atoms with E-state index in [1.165, 1.54) is 30.5 Å². The number of amides is 1. The fourth-order valence-corrected chi connectivity index (χ4v) is 3.94. The van der Waals surface area contributed by atoms with Crippen molar-refractivity contribution < 1.29 is 19.2 Å². The fraction of sp³-hybridized carbons (Fsp3) is 0.500. The van der Waals surface area contributed by atoms with Crippen LogP contribution in [0.15, 0.2) is 16.9 Å². The lowest BCUT2D eigenvalue weighted by Gasteiger charge is -2.13. The number of likely N-dealkylation sites (tertiary alicyclic amines) is 1. The van der Waals surface area contributed by atoms with E-state index >= 15 is 0 Å². The molecule has 1 fully saturated rings. The maximum Gasteiger partial charge on any atom is 0.262 e. The minimum absolute atomic E-state index is 0.0688. The lowest BCUT2D eigenvalue weighted by molar-refractivity contribution is -0.886. The zero-order chi connectivity index (χ0) is 18.8. The molecule has 0 bridgehead atoms. The number of quaternary nitrogens is 1. The predicted octanol–water partition coefficient (Wildman–Crippen LogP) is -0.0272. The first-order valence-electron chi connectivity index (χ1n) is 9.28. The zero-order valence-electron chi connectivity index (χ0n) is 15.0. The number of aromatic nitrogens is 2. The summed E-state index contributed by atoms with van der Waals surface area (Å²) >= 11 is 5.31. The molecule has 1 amide bonds. The van der Waals surface area contributed by atoms with Gasteiger partial charge in [0.2, 0.25) is 12.7 Å². The lowest BCUT2D eigenvalue weighted by atomic mass is 10.2. The zero-order valence-corrected chi connectivity index (χ0v) is 15.8. The first-order chi connectivity index (χ1) is 13.1. The van der Waals surface area contributed by atoms with E-state index in [0.717, 1.165) is 6.54 Å². The Hall–Kier alpha value is -2.39. The van der Waals surface area contributed by atoms with Crippen LogP contribution in [0.1, 0.15) is 19.3 Å². The summed E-state index contributed by atoms with van der Waals surface area (Å²) in [5.41, 5.74) is 0.366. The molecular formula is C18H23N4O4S+. The first-order valence-corrected chi connectivity index (χ1v) is 9.69. The van der Waals surface area contributed by atoms with Crippen LogP contribution in [0.5, 0.6) is 11.5 Å². The minimum Gasteiger partial charge on any atom is -0.454 e. The summed E-state index contributed by atoms with van der Waals surface area (Å²) in [7, 11) is 0. The van der Waals surface area contributed by atoms with E-state index in [9.17, 15) is 9.59 Å². The highest BCUT2D eigenvalue weighted by atomic mass is 32.1. The molecule has 1 aromatic heterocycles. The summed E-state index contributed by atoms with van der Waals surface area (Å²) in [5.74, 6) is 1.06. The number of aromatic amines is 1. The van der Waals surface area contributed by atoms with Gasteiger partial charge in [-0.3, -0.25) is 14.2 Å². The molecule has 1 aromatic carbocycles. The highest BCUT2D eigenvalue weighted by Crippen LogP contribution is 2.34. The summed E-state index contributed by atoms with van der Waals surface area (Å²) in [5, 5.41) is 3.40. The van der Waals surface area contributed by atoms with Gasteiger partial charge in [-0.05, 0) is 18.3 Å². The van der Waals surface area contributed by atoms with Crippen molar-refractivity contribution in [2.75, 3.05) is 33.0 Å². The van der Waals surface area contributed by atoms with Crippen molar-refractivity contribution in [3.05, 3.63) is 27.3 Å². The Morgan fingerprint density at radius 1 is 1.26 bits per heavy atom. The molecule has 3 heterocycles. The van der Waals surface area contributed by atoms with Crippen LogP contribution in [-0.4, -0.2) is 48.4 Å². The quantitative estimate of drug-likeness (QED) is 0.602. The number of fused-ring (bicyclic) bond motifs is 2. The molecule has 3 N–H and O–H groups in total. The highest BCUT2D eigenvalue weighted by molar-refractivity contribution is 7.71. The molecule has 0 unspecified atom stereocenters. The van der Waals surface area contributed by atoms with E-state index in [-0.39, 0.29) is 31.2 Å². The second kappa shape index (κ2) is 7.69. The monoisotopic (exact) mass is 391 g/mol. The SMILES string of the molecule is O=C(CCn1c(=S)[nH]c2cc3c(cc2c1=O)OCO3)NCC[NH+]1CCCC1. The van der Waals surface area contributed by atoms with Crippen LogP contribution in [0.3, 0.4) is 0 Å². The average Bonchev–Trinajstić information content (AvgIpc) is 3.31. The Bertz CT molecular complexity index is 978. The van der Waals surface area contributed by atoms with Crippen LogP contribution >= 0.6 is 12.2 Å². The van der Waals surface area contributed by atoms with Gasteiger partial charge in [0.15, 0.2) is 16.3 Å². The number of carbonyl (C=O) groups excluding carboxylic acids is 1. The van der Waals surface area contributed by atoms with Crippen molar-refractivity contribution in [3.8, 4) is 11.5 Å². The number of benzene rings is 1. The average molecular weight is 391 g/mol. The van der Waals surface area contributed by atoms with E-state index in [1.54, 1.807) is 17.0 Å². The van der Waals surface area contributed by atoms with Crippen LogP contribution < -0.4 is 25.2 Å². The molecular weight excluding hydrogens is 368 g/mol. The molecule has 2 aliphatic rings. The Balaban J connectivity index is 1.42. The molecule has 1 saturated heterocycles. The second-order valence-corrected chi connectivity index (χ2v) is 7.33. The Labute approximate surface area is 161 Å². The van der Waals surface area contributed by atoms with Crippen molar-refractivity contribution >= 4 is 29.0 Å². The van der Waals surface area contributed by atoms with Crippen LogP contribution in [0.25, 0.3) is 10.9 Å². The number of ether oxygens (including phenoxy) is 2. The van der Waals surface area contributed by atoms with E-state index < -0.39 is 0 Å². The van der Waals surface area contributed by atoms with Crippen LogP contribution in [-0.2, 0) is 11.3 Å². The summed E-state index contributed by atoms with van der Waals surface area (Å²) in [6, 6.07) is 3.37. The molecule has 2 aromatic rings. The lowest BCUT2D eigenvalue weighted by Crippen LogP contribution is -3.10. The number of nitrogens with zero attached hydrogens (tertiary/aromatic N) is 1. The van der Waals surface area contributed by atoms with Gasteiger partial charge >= 0.3 is 0 Å². The molecule has 2 aliphatic heterocycles. The largest absolute Gasteiger partial charge is 0.454 e. The molecule has 8 nitrogen and oxygen atoms in total. The number of carbonyl (C=O) groups is 1. The Morgan fingerprint density at radius 3 is 2.78 bits per heavy atom. The highest BCUT2D eigenvalue weighted by Gasteiger charge is 2.18. The van der Waals surface area contributed by atoms with Crippen molar-refractivity contribution in [1.82, 2.24) is 14.9 Å². The maximum absolute atomic E-state index is 12.8. The third-order valence-corrected chi connectivity index (χ3v) is 5.47. The summed E-state index contributed by atoms with van der Waals surface area (Å²) in [6.45, 7) is 4.37. The molecule has 9 heteroatoms. The van der Waals surface area contributed by atoms with E-state index in [1.807, 2.05) is 0 Å². The van der Waals surface area contributed by atoms with Gasteiger partial charge in [-0.1, -0.05) is 0 Å². The Kier molecular flexibility index (Phi) is 5.13. The van der Waals surface area contributed by atoms with Crippen molar-refractivity contribution in [3.63, 3.8) is 0 Å². The van der Waals surface area contributed by atoms with Crippen LogP contribution in [0.2, 0.25) is 0 Å². The van der Waals surface area contributed by atoms with Crippen molar-refractivity contribution in [1.29, 1.82) is 0 Å². The van der Waals surface area contributed by atoms with Gasteiger partial charge in [0.1, 0.15) is 0 Å². The number of hydrogen-bond acceptors (Lipinski definition) is 5. The van der Waals surface area contributed by atoms with Gasteiger partial charge in [0, 0.05) is 31.9 Å². The van der Waals surface area contributed by atoms with E-state index in [0.29, 0.717) is 33.7 Å². The minimum atomic E-state index is -0.235. The molecule has 144 valence electrons. The van der Waals surface area contributed by atoms with Crippen molar-refractivity contribution in [2.24, 2.45) is 0 Å². The third kappa shape index (κ3) is 3.84. The summed E-state index contributed by atoms with van der Waals surface area (Å²) < 4.78 is 12.4. The molecule has 0 spiro atoms. The normalized spacial score (nSPS) is 16.1. The molecule has 0 saturated carbocycles. The number of nitrogens with one attached hydrogen (secondary N) is 3. The van der Waals surface area contributed by atoms with Crippen LogP contribution in [0.4, 0.5) is 0 Å². The molecule has 0 atom stereocenters. The maximum atomic E-state index is 12.8. The number of rotatable bonds is 6. The van der Waals surface area contributed by atoms with E-state index in [2.05, 4.69) is 10.3 Å². The number of hydrogen-bond donors (Lipinski definition) is 3. The topological polar surface area (TPSA) is 89.8 Å². The summed E-state index contributed by atoms with van der Waals surface area (Å²) in [6.07, 6.45) is 2.75. The fourth-order valence-electron chi connectivity index (χ4n) is 3.65. The van der Waals surface area contributed by atoms with Gasteiger partial charge in [-0.2, -0.15) is 0 Å². The second-order valence-electron chi connectivity index (χ2n) is 6.95. The third-order valence-electron chi connectivity index (χ3n) is 5.15. The van der Waals surface area contributed by atoms with Gasteiger partial charge < -0.3 is 24.7 Å². The van der Waals surface area contributed by atoms with Crippen LogP contribution in [0, 0.1) is 4.77 Å². The molecule has 0 radical (unpaired) electrons. The molecule has 27 heavy (non-hydrogen) atoms. The van der Waals surface area contributed by atoms with E-state index in [4.69, 9.17) is 21.7 Å². The molecule has 4 rings (SSSR count). The standard InChI is InChI=1S/C18H22N4O4S/c23-16(19-4-8-21-5-1-2-6-21)3-7-22-17(24)12-9-14-15(26-11-25-14)10-13(12)20-18(22)27/h9-10H,1-8,11H2,(H,19,23)(H,20,27)/p+1. The first kappa shape index (κ1) is 18.0. The number of H-pyrrole nitrogens is 1. The smallest absolute Gasteiger partial charge is 0.262 e. The van der Waals surface area contributed by atoms with Crippen molar-refractivity contribution in [2.45, 2.75) is 25.8 Å². The van der Waals surface area contributed by atoms with Gasteiger partial charge in [-0.15, -0.1) is 0 Å². The van der Waals surface area contributed by atoms with Gasteiger partial charge in [0.25, 0.3) is 5.56 Å². The van der Waals surface area contributed by atoms with Gasteiger partial charge in [0.05, 0.1) is 37.1 Å². The van der Waals surface area contributed by atoms with Gasteiger partial charge in [-0.25, -0.2) is 0 Å². The predicted molar refractivity (Wildman–Crippen MR) is 102 cm³/mol. The molecule has 0 aliphatic carbocycles. The Morgan fingerprint density at radius 2 is 2.00 bits per heavy atom.